The number of fused-ring (bicyclic) bond motifs is 3. The number of nitrogens with zero attached hydrogens (tertiary/aromatic N) is 1. The molecule has 1 atom stereocenters. The van der Waals surface area contributed by atoms with E-state index in [1.165, 1.54) is 23.5 Å². The van der Waals surface area contributed by atoms with Gasteiger partial charge in [-0.15, -0.1) is 11.3 Å². The molecule has 2 aliphatic rings. The molecule has 6 rings (SSSR count). The third kappa shape index (κ3) is 5.97. The molecule has 1 fully saturated rings. The standard InChI is InChI=1S/C33H29N5O7S/c1-16-12-17(15-34)2-4-23(16)36-30(40)21-13-22-26(45-10-8-18-9-11-46-29(18)22)14-20(21)19-3-5-24(35-28(19)33(43)44)31(41)37-25-6-7-27(39)38-32(25)42/h2-5,9,11-14,25H,6-8,10,15,34H2,1H3,(H,36,40)(H,37,41)(H,43,44)(H,38,39,42). The number of nitrogens with two attached hydrogens (primary N) is 1. The highest BCUT2D eigenvalue weighted by Crippen LogP contribution is 2.43. The SMILES string of the molecule is Cc1cc(CN)ccc1NC(=O)c1cc2c(cc1-c1ccc(C(=O)NC3CCC(=O)NC3=O)nc1C(=O)O)OCCc1ccsc1-2. The first-order valence-corrected chi connectivity index (χ1v) is 15.4. The molecule has 1 saturated heterocycles. The molecule has 234 valence electrons. The lowest BCUT2D eigenvalue weighted by Crippen LogP contribution is -2.52. The Morgan fingerprint density at radius 2 is 1.87 bits per heavy atom. The Labute approximate surface area is 267 Å². The van der Waals surface area contributed by atoms with E-state index in [9.17, 15) is 29.1 Å². The second-order valence-electron chi connectivity index (χ2n) is 10.9. The highest BCUT2D eigenvalue weighted by atomic mass is 32.1. The second-order valence-corrected chi connectivity index (χ2v) is 11.9. The summed E-state index contributed by atoms with van der Waals surface area (Å²) >= 11 is 1.52. The molecule has 4 amide bonds. The van der Waals surface area contributed by atoms with Crippen LogP contribution in [-0.4, -0.2) is 52.3 Å². The number of ether oxygens (including phenoxy) is 1. The van der Waals surface area contributed by atoms with Crippen LogP contribution in [0, 0.1) is 6.92 Å². The molecule has 0 spiro atoms. The van der Waals surface area contributed by atoms with Crippen LogP contribution >= 0.6 is 11.3 Å². The Hall–Kier alpha value is -5.40. The maximum atomic E-state index is 14.0. The van der Waals surface area contributed by atoms with Crippen molar-refractivity contribution in [2.24, 2.45) is 5.73 Å². The molecule has 0 aliphatic carbocycles. The zero-order valence-electron chi connectivity index (χ0n) is 24.6. The molecule has 46 heavy (non-hydrogen) atoms. The number of aromatic carboxylic acids is 1. The van der Waals surface area contributed by atoms with Gasteiger partial charge in [0.25, 0.3) is 11.8 Å². The average Bonchev–Trinajstić information content (AvgIpc) is 3.44. The van der Waals surface area contributed by atoms with E-state index in [-0.39, 0.29) is 35.2 Å². The van der Waals surface area contributed by atoms with E-state index < -0.39 is 41.3 Å². The third-order valence-electron chi connectivity index (χ3n) is 7.92. The number of rotatable bonds is 7. The minimum Gasteiger partial charge on any atom is -0.493 e. The van der Waals surface area contributed by atoms with Gasteiger partial charge in [-0.3, -0.25) is 24.5 Å². The first-order chi connectivity index (χ1) is 22.1. The van der Waals surface area contributed by atoms with E-state index in [0.717, 1.165) is 21.6 Å². The summed E-state index contributed by atoms with van der Waals surface area (Å²) in [5.74, 6) is -3.31. The Bertz CT molecular complexity index is 1940. The molecule has 6 N–H and O–H groups in total. The monoisotopic (exact) mass is 639 g/mol. The number of piperidine rings is 1. The lowest BCUT2D eigenvalue weighted by molar-refractivity contribution is -0.134. The van der Waals surface area contributed by atoms with Crippen LogP contribution in [0.25, 0.3) is 21.6 Å². The molecule has 0 bridgehead atoms. The van der Waals surface area contributed by atoms with E-state index in [4.69, 9.17) is 10.5 Å². The molecule has 1 unspecified atom stereocenters. The molecule has 2 aromatic carbocycles. The predicted molar refractivity (Wildman–Crippen MR) is 170 cm³/mol. The van der Waals surface area contributed by atoms with Gasteiger partial charge in [0, 0.05) is 52.2 Å². The molecule has 4 aromatic rings. The first kappa shape index (κ1) is 30.6. The summed E-state index contributed by atoms with van der Waals surface area (Å²) in [5.41, 5.74) is 9.62. The van der Waals surface area contributed by atoms with Gasteiger partial charge in [0.05, 0.1) is 6.61 Å². The van der Waals surface area contributed by atoms with Crippen LogP contribution in [0.5, 0.6) is 5.75 Å². The highest BCUT2D eigenvalue weighted by Gasteiger charge is 2.30. The number of thiophene rings is 1. The highest BCUT2D eigenvalue weighted by molar-refractivity contribution is 7.13. The van der Waals surface area contributed by atoms with Crippen molar-refractivity contribution in [2.75, 3.05) is 11.9 Å². The van der Waals surface area contributed by atoms with Crippen molar-refractivity contribution in [1.29, 1.82) is 0 Å². The van der Waals surface area contributed by atoms with Gasteiger partial charge in [0.15, 0.2) is 5.69 Å². The number of nitrogens with one attached hydrogen (secondary N) is 3. The number of carbonyl (C=O) groups is 5. The minimum absolute atomic E-state index is 0.0539. The van der Waals surface area contributed by atoms with Gasteiger partial charge in [-0.05, 0) is 71.8 Å². The number of carbonyl (C=O) groups excluding carboxylic acids is 4. The molecular formula is C33H29N5O7S. The summed E-state index contributed by atoms with van der Waals surface area (Å²) in [6.07, 6.45) is 0.822. The van der Waals surface area contributed by atoms with Crippen molar-refractivity contribution in [3.8, 4) is 27.3 Å². The second kappa shape index (κ2) is 12.5. The molecule has 0 radical (unpaired) electrons. The van der Waals surface area contributed by atoms with Gasteiger partial charge < -0.3 is 26.2 Å². The van der Waals surface area contributed by atoms with Gasteiger partial charge in [-0.1, -0.05) is 12.1 Å². The summed E-state index contributed by atoms with van der Waals surface area (Å²) in [4.78, 5) is 68.3. The maximum absolute atomic E-state index is 14.0. The molecule has 12 nitrogen and oxygen atoms in total. The summed E-state index contributed by atoms with van der Waals surface area (Å²) in [7, 11) is 0. The number of carboxylic acid groups (broad SMARTS) is 1. The first-order valence-electron chi connectivity index (χ1n) is 14.5. The van der Waals surface area contributed by atoms with Crippen LogP contribution < -0.4 is 26.4 Å². The van der Waals surface area contributed by atoms with Crippen LogP contribution in [0.1, 0.15) is 60.9 Å². The molecule has 4 heterocycles. The van der Waals surface area contributed by atoms with E-state index >= 15 is 0 Å². The minimum atomic E-state index is -1.43. The Balaban J connectivity index is 1.43. The van der Waals surface area contributed by atoms with Gasteiger partial charge in [0.2, 0.25) is 11.8 Å². The van der Waals surface area contributed by atoms with Crippen LogP contribution in [0.15, 0.2) is 53.9 Å². The van der Waals surface area contributed by atoms with Crippen molar-refractivity contribution in [3.63, 3.8) is 0 Å². The lowest BCUT2D eigenvalue weighted by atomic mass is 9.93. The van der Waals surface area contributed by atoms with Crippen molar-refractivity contribution < 1.29 is 33.8 Å². The number of hydrogen-bond donors (Lipinski definition) is 5. The quantitative estimate of drug-likeness (QED) is 0.188. The number of aromatic nitrogens is 1. The summed E-state index contributed by atoms with van der Waals surface area (Å²) in [5, 5.41) is 19.8. The number of amides is 4. The largest absolute Gasteiger partial charge is 0.493 e. The smallest absolute Gasteiger partial charge is 0.355 e. The van der Waals surface area contributed by atoms with E-state index in [1.807, 2.05) is 30.5 Å². The van der Waals surface area contributed by atoms with Crippen LogP contribution in [0.2, 0.25) is 0 Å². The molecule has 2 aromatic heterocycles. The summed E-state index contributed by atoms with van der Waals surface area (Å²) in [6, 6.07) is 12.6. The topological polar surface area (TPSA) is 190 Å². The fourth-order valence-electron chi connectivity index (χ4n) is 5.54. The Morgan fingerprint density at radius 1 is 1.04 bits per heavy atom. The van der Waals surface area contributed by atoms with Crippen molar-refractivity contribution in [1.82, 2.24) is 15.6 Å². The zero-order valence-corrected chi connectivity index (χ0v) is 25.5. The zero-order chi connectivity index (χ0) is 32.5. The molecule has 0 saturated carbocycles. The Morgan fingerprint density at radius 3 is 2.61 bits per heavy atom. The fourth-order valence-corrected chi connectivity index (χ4v) is 6.52. The number of pyridine rings is 1. The van der Waals surface area contributed by atoms with Gasteiger partial charge in [-0.2, -0.15) is 0 Å². The van der Waals surface area contributed by atoms with Crippen molar-refractivity contribution >= 4 is 46.6 Å². The van der Waals surface area contributed by atoms with Gasteiger partial charge >= 0.3 is 5.97 Å². The van der Waals surface area contributed by atoms with Gasteiger partial charge in [-0.25, -0.2) is 9.78 Å². The maximum Gasteiger partial charge on any atom is 0.355 e. The number of anilines is 1. The molecular weight excluding hydrogens is 610 g/mol. The normalized spacial score (nSPS) is 15.5. The third-order valence-corrected chi connectivity index (χ3v) is 8.91. The van der Waals surface area contributed by atoms with Gasteiger partial charge in [0.1, 0.15) is 17.5 Å². The molecule has 13 heteroatoms. The van der Waals surface area contributed by atoms with Crippen LogP contribution in [-0.2, 0) is 22.6 Å². The Kier molecular flexibility index (Phi) is 8.35. The number of hydrogen-bond acceptors (Lipinski definition) is 9. The predicted octanol–water partition coefficient (Wildman–Crippen LogP) is 3.66. The van der Waals surface area contributed by atoms with Crippen molar-refractivity contribution in [2.45, 2.75) is 38.8 Å². The summed E-state index contributed by atoms with van der Waals surface area (Å²) < 4.78 is 6.08. The number of aryl methyl sites for hydroxylation is 1. The van der Waals surface area contributed by atoms with E-state index in [0.29, 0.717) is 36.6 Å². The lowest BCUT2D eigenvalue weighted by Gasteiger charge is -2.21. The number of benzene rings is 2. The average molecular weight is 640 g/mol. The fraction of sp³-hybridized carbons (Fsp3) is 0.212. The summed E-state index contributed by atoms with van der Waals surface area (Å²) in [6.45, 7) is 2.58. The van der Waals surface area contributed by atoms with Crippen molar-refractivity contribution in [3.05, 3.63) is 87.6 Å². The van der Waals surface area contributed by atoms with E-state index in [1.54, 1.807) is 18.2 Å². The van der Waals surface area contributed by atoms with E-state index in [2.05, 4.69) is 20.9 Å². The van der Waals surface area contributed by atoms with Crippen LogP contribution in [0.4, 0.5) is 5.69 Å². The van der Waals surface area contributed by atoms with Crippen LogP contribution in [0.3, 0.4) is 0 Å². The molecule has 2 aliphatic heterocycles. The number of carboxylic acids is 1. The number of imide groups is 1.